The third-order valence-electron chi connectivity index (χ3n) is 4.94. The van der Waals surface area contributed by atoms with Gasteiger partial charge in [-0.2, -0.15) is 0 Å². The number of rotatable bonds is 8. The van der Waals surface area contributed by atoms with E-state index < -0.39 is 11.8 Å². The Morgan fingerprint density at radius 3 is 2.35 bits per heavy atom. The Hall–Kier alpha value is -3.98. The summed E-state index contributed by atoms with van der Waals surface area (Å²) in [4.78, 5) is 24.8. The first kappa shape index (κ1) is 23.2. The molecule has 9 heteroatoms. The van der Waals surface area contributed by atoms with Gasteiger partial charge < -0.3 is 4.74 Å². The number of amides is 2. The smallest absolute Gasteiger partial charge is 0.257 e. The summed E-state index contributed by atoms with van der Waals surface area (Å²) in [6.45, 7) is 0.468. The SMILES string of the molecule is COc1ccc(C(=O)NC(=O)CSc2nnc(-c3ccc(F)cc3)n2Cc2ccccc2)cc1. The zero-order valence-corrected chi connectivity index (χ0v) is 19.1. The maximum Gasteiger partial charge on any atom is 0.257 e. The van der Waals surface area contributed by atoms with Gasteiger partial charge in [-0.3, -0.25) is 19.5 Å². The second-order valence-corrected chi connectivity index (χ2v) is 8.22. The van der Waals surface area contributed by atoms with Crippen LogP contribution in [0, 0.1) is 5.82 Å². The molecule has 4 aromatic rings. The number of methoxy groups -OCH3 is 1. The third-order valence-corrected chi connectivity index (χ3v) is 5.91. The van der Waals surface area contributed by atoms with Gasteiger partial charge in [0.1, 0.15) is 11.6 Å². The second-order valence-electron chi connectivity index (χ2n) is 7.28. The van der Waals surface area contributed by atoms with Crippen LogP contribution in [0.15, 0.2) is 84.0 Å². The van der Waals surface area contributed by atoms with Crippen LogP contribution in [0.4, 0.5) is 4.39 Å². The summed E-state index contributed by atoms with van der Waals surface area (Å²) in [6, 6.07) is 22.2. The van der Waals surface area contributed by atoms with Crippen LogP contribution in [-0.4, -0.2) is 39.4 Å². The molecule has 7 nitrogen and oxygen atoms in total. The van der Waals surface area contributed by atoms with E-state index in [1.807, 2.05) is 34.9 Å². The number of nitrogens with one attached hydrogen (secondary N) is 1. The van der Waals surface area contributed by atoms with Gasteiger partial charge in [-0.1, -0.05) is 42.1 Å². The van der Waals surface area contributed by atoms with Gasteiger partial charge in [-0.15, -0.1) is 10.2 Å². The Kier molecular flexibility index (Phi) is 7.34. The number of aromatic nitrogens is 3. The number of hydrogen-bond acceptors (Lipinski definition) is 6. The van der Waals surface area contributed by atoms with Crippen LogP contribution in [0.2, 0.25) is 0 Å². The molecular formula is C25H21FN4O3S. The molecule has 0 bridgehead atoms. The first-order valence-electron chi connectivity index (χ1n) is 10.4. The van der Waals surface area contributed by atoms with Gasteiger partial charge in [0.15, 0.2) is 11.0 Å². The summed E-state index contributed by atoms with van der Waals surface area (Å²) in [5.41, 5.74) is 2.08. The molecule has 3 aromatic carbocycles. The maximum absolute atomic E-state index is 13.4. The van der Waals surface area contributed by atoms with Gasteiger partial charge in [0.2, 0.25) is 5.91 Å². The molecule has 0 fully saturated rings. The topological polar surface area (TPSA) is 86.1 Å². The van der Waals surface area contributed by atoms with E-state index in [-0.39, 0.29) is 11.6 Å². The van der Waals surface area contributed by atoms with E-state index in [2.05, 4.69) is 15.5 Å². The molecule has 2 amide bonds. The summed E-state index contributed by atoms with van der Waals surface area (Å²) in [5.74, 6) is -0.146. The van der Waals surface area contributed by atoms with Crippen molar-refractivity contribution in [3.05, 3.63) is 95.8 Å². The van der Waals surface area contributed by atoms with Crippen molar-refractivity contribution in [3.8, 4) is 17.1 Å². The predicted octanol–water partition coefficient (Wildman–Crippen LogP) is 4.19. The van der Waals surface area contributed by atoms with Gasteiger partial charge in [0, 0.05) is 11.1 Å². The third kappa shape index (κ3) is 5.68. The molecule has 1 aromatic heterocycles. The normalized spacial score (nSPS) is 10.6. The average Bonchev–Trinajstić information content (AvgIpc) is 3.26. The highest BCUT2D eigenvalue weighted by Crippen LogP contribution is 2.25. The van der Waals surface area contributed by atoms with Crippen molar-refractivity contribution in [1.82, 2.24) is 20.1 Å². The van der Waals surface area contributed by atoms with Crippen molar-refractivity contribution in [1.29, 1.82) is 0 Å². The Labute approximate surface area is 200 Å². The minimum Gasteiger partial charge on any atom is -0.497 e. The molecule has 4 rings (SSSR count). The van der Waals surface area contributed by atoms with Crippen LogP contribution in [0.5, 0.6) is 5.75 Å². The number of ether oxygens (including phenoxy) is 1. The van der Waals surface area contributed by atoms with E-state index in [1.165, 1.54) is 31.0 Å². The number of carbonyl (C=O) groups is 2. The number of halogens is 1. The van der Waals surface area contributed by atoms with Crippen molar-refractivity contribution in [2.24, 2.45) is 0 Å². The molecule has 0 spiro atoms. The molecule has 0 atom stereocenters. The van der Waals surface area contributed by atoms with E-state index >= 15 is 0 Å². The van der Waals surface area contributed by atoms with E-state index in [9.17, 15) is 14.0 Å². The van der Waals surface area contributed by atoms with Crippen LogP contribution in [0.25, 0.3) is 11.4 Å². The van der Waals surface area contributed by atoms with Gasteiger partial charge in [0.05, 0.1) is 19.4 Å². The lowest BCUT2D eigenvalue weighted by Crippen LogP contribution is -2.31. The van der Waals surface area contributed by atoms with E-state index in [4.69, 9.17) is 4.74 Å². The van der Waals surface area contributed by atoms with Gasteiger partial charge >= 0.3 is 0 Å². The predicted molar refractivity (Wildman–Crippen MR) is 127 cm³/mol. The molecule has 0 saturated carbocycles. The lowest BCUT2D eigenvalue weighted by Gasteiger charge is -2.11. The lowest BCUT2D eigenvalue weighted by atomic mass is 10.2. The number of benzene rings is 3. The van der Waals surface area contributed by atoms with E-state index in [0.29, 0.717) is 34.4 Å². The summed E-state index contributed by atoms with van der Waals surface area (Å²) in [5, 5.41) is 11.4. The molecule has 0 radical (unpaired) electrons. The van der Waals surface area contributed by atoms with Crippen LogP contribution < -0.4 is 10.1 Å². The fraction of sp³-hybridized carbons (Fsp3) is 0.120. The molecule has 0 aliphatic heterocycles. The van der Waals surface area contributed by atoms with Gasteiger partial charge in [-0.25, -0.2) is 4.39 Å². The summed E-state index contributed by atoms with van der Waals surface area (Å²) in [6.07, 6.45) is 0. The quantitative estimate of drug-likeness (QED) is 0.384. The average molecular weight is 477 g/mol. The molecular weight excluding hydrogens is 455 g/mol. The van der Waals surface area contributed by atoms with Crippen molar-refractivity contribution in [3.63, 3.8) is 0 Å². The van der Waals surface area contributed by atoms with Gasteiger partial charge in [0.25, 0.3) is 5.91 Å². The molecule has 172 valence electrons. The molecule has 0 unspecified atom stereocenters. The Morgan fingerprint density at radius 1 is 0.971 bits per heavy atom. The van der Waals surface area contributed by atoms with Crippen molar-refractivity contribution >= 4 is 23.6 Å². The fourth-order valence-electron chi connectivity index (χ4n) is 3.22. The maximum atomic E-state index is 13.4. The van der Waals surface area contributed by atoms with Crippen molar-refractivity contribution in [2.75, 3.05) is 12.9 Å². The largest absolute Gasteiger partial charge is 0.497 e. The minimum atomic E-state index is -0.494. The highest BCUT2D eigenvalue weighted by atomic mass is 32.2. The molecule has 1 heterocycles. The molecule has 0 saturated heterocycles. The zero-order chi connectivity index (χ0) is 23.9. The highest BCUT2D eigenvalue weighted by molar-refractivity contribution is 7.99. The summed E-state index contributed by atoms with van der Waals surface area (Å²) in [7, 11) is 1.54. The standard InChI is InChI=1S/C25H21FN4O3S/c1-33-21-13-9-19(10-14-21)24(32)27-22(31)16-34-25-29-28-23(18-7-11-20(26)12-8-18)30(25)15-17-5-3-2-4-6-17/h2-14H,15-16H2,1H3,(H,27,31,32). The van der Waals surface area contributed by atoms with Crippen LogP contribution in [0.1, 0.15) is 15.9 Å². The number of hydrogen-bond donors (Lipinski definition) is 1. The molecule has 0 aliphatic carbocycles. The van der Waals surface area contributed by atoms with E-state index in [1.54, 1.807) is 36.4 Å². The fourth-order valence-corrected chi connectivity index (χ4v) is 3.96. The highest BCUT2D eigenvalue weighted by Gasteiger charge is 2.17. The zero-order valence-electron chi connectivity index (χ0n) is 18.3. The Morgan fingerprint density at radius 2 is 1.68 bits per heavy atom. The Bertz CT molecular complexity index is 1280. The lowest BCUT2D eigenvalue weighted by molar-refractivity contribution is -0.117. The number of thioether (sulfide) groups is 1. The number of imide groups is 1. The summed E-state index contributed by atoms with van der Waals surface area (Å²) >= 11 is 1.17. The Balaban J connectivity index is 1.48. The van der Waals surface area contributed by atoms with E-state index in [0.717, 1.165) is 5.56 Å². The summed E-state index contributed by atoms with van der Waals surface area (Å²) < 4.78 is 20.3. The minimum absolute atomic E-state index is 0.0295. The van der Waals surface area contributed by atoms with Crippen molar-refractivity contribution < 1.29 is 18.7 Å². The first-order valence-corrected chi connectivity index (χ1v) is 11.4. The monoisotopic (exact) mass is 476 g/mol. The molecule has 1 N–H and O–H groups in total. The van der Waals surface area contributed by atoms with Crippen LogP contribution in [0.3, 0.4) is 0 Å². The van der Waals surface area contributed by atoms with Crippen LogP contribution in [-0.2, 0) is 11.3 Å². The first-order chi connectivity index (χ1) is 16.5. The number of carbonyl (C=O) groups excluding carboxylic acids is 2. The van der Waals surface area contributed by atoms with Gasteiger partial charge in [-0.05, 0) is 54.1 Å². The van der Waals surface area contributed by atoms with Crippen LogP contribution >= 0.6 is 11.8 Å². The molecule has 34 heavy (non-hydrogen) atoms. The number of nitrogens with zero attached hydrogens (tertiary/aromatic N) is 3. The second kappa shape index (κ2) is 10.8. The molecule has 0 aliphatic rings. The van der Waals surface area contributed by atoms with Crippen molar-refractivity contribution in [2.45, 2.75) is 11.7 Å².